The second-order valence-corrected chi connectivity index (χ2v) is 9.66. The molecule has 0 aliphatic heterocycles. The van der Waals surface area contributed by atoms with Crippen LogP contribution in [0, 0.1) is 25.2 Å². The Balaban J connectivity index is 0.000000203. The molecule has 3 rings (SSSR count). The molecule has 28 heavy (non-hydrogen) atoms. The number of hydrogen-bond donors (Lipinski definition) is 0. The third-order valence-electron chi connectivity index (χ3n) is 5.06. The van der Waals surface area contributed by atoms with E-state index < -0.39 is 0 Å². The van der Waals surface area contributed by atoms with Gasteiger partial charge in [0.05, 0.1) is 11.6 Å². The Morgan fingerprint density at radius 2 is 1.14 bits per heavy atom. The van der Waals surface area contributed by atoms with Gasteiger partial charge in [0.25, 0.3) is 0 Å². The second kappa shape index (κ2) is 8.19. The first-order valence-corrected chi connectivity index (χ1v) is 9.94. The summed E-state index contributed by atoms with van der Waals surface area (Å²) in [4.78, 5) is 0. The smallest absolute Gasteiger partial charge is 0.0991 e. The largest absolute Gasteiger partial charge is 0.192 e. The SMILES string of the molecule is Cc1cc(C#N)ccc1C(C)(C)C.Cc1cc2ccccc2cc1C(C)(C)C. The van der Waals surface area contributed by atoms with E-state index in [9.17, 15) is 0 Å². The van der Waals surface area contributed by atoms with Gasteiger partial charge in [-0.3, -0.25) is 0 Å². The lowest BCUT2D eigenvalue weighted by molar-refractivity contribution is 0.586. The predicted molar refractivity (Wildman–Crippen MR) is 122 cm³/mol. The van der Waals surface area contributed by atoms with Gasteiger partial charge >= 0.3 is 0 Å². The van der Waals surface area contributed by atoms with Gasteiger partial charge < -0.3 is 0 Å². The summed E-state index contributed by atoms with van der Waals surface area (Å²) in [5.74, 6) is 0. The number of nitrogens with zero attached hydrogens (tertiary/aromatic N) is 1. The molecule has 0 radical (unpaired) electrons. The maximum atomic E-state index is 8.71. The molecule has 0 aliphatic rings. The topological polar surface area (TPSA) is 23.8 Å². The second-order valence-electron chi connectivity index (χ2n) is 9.66. The third-order valence-corrected chi connectivity index (χ3v) is 5.06. The standard InChI is InChI=1S/C15H18.C12H15N/c1-11-9-12-7-5-6-8-13(12)10-14(11)15(2,3)4;1-9-7-10(8-13)5-6-11(9)12(2,3)4/h5-10H,1-4H3;5-7H,1-4H3. The van der Waals surface area contributed by atoms with Crippen molar-refractivity contribution in [3.8, 4) is 6.07 Å². The number of benzene rings is 3. The summed E-state index contributed by atoms with van der Waals surface area (Å²) >= 11 is 0. The summed E-state index contributed by atoms with van der Waals surface area (Å²) < 4.78 is 0. The molecule has 0 amide bonds. The lowest BCUT2D eigenvalue weighted by Gasteiger charge is -2.22. The number of fused-ring (bicyclic) bond motifs is 1. The van der Waals surface area contributed by atoms with Crippen LogP contribution in [0.1, 0.15) is 69.4 Å². The molecule has 146 valence electrons. The summed E-state index contributed by atoms with van der Waals surface area (Å²) in [6.07, 6.45) is 0. The summed E-state index contributed by atoms with van der Waals surface area (Å²) in [7, 11) is 0. The lowest BCUT2D eigenvalue weighted by Crippen LogP contribution is -2.12. The van der Waals surface area contributed by atoms with Gasteiger partial charge in [0.2, 0.25) is 0 Å². The maximum Gasteiger partial charge on any atom is 0.0991 e. The van der Waals surface area contributed by atoms with Crippen molar-refractivity contribution in [2.45, 2.75) is 66.2 Å². The van der Waals surface area contributed by atoms with E-state index in [2.05, 4.69) is 97.9 Å². The number of aryl methyl sites for hydroxylation is 2. The van der Waals surface area contributed by atoms with Crippen molar-refractivity contribution in [1.29, 1.82) is 5.26 Å². The average Bonchev–Trinajstić information content (AvgIpc) is 2.59. The van der Waals surface area contributed by atoms with Crippen LogP contribution in [-0.4, -0.2) is 0 Å². The fourth-order valence-corrected chi connectivity index (χ4v) is 3.74. The monoisotopic (exact) mass is 371 g/mol. The quantitative estimate of drug-likeness (QED) is 0.399. The fraction of sp³-hybridized carbons (Fsp3) is 0.370. The Labute approximate surface area is 171 Å². The Kier molecular flexibility index (Phi) is 6.35. The van der Waals surface area contributed by atoms with Crippen LogP contribution >= 0.6 is 0 Å². The van der Waals surface area contributed by atoms with E-state index in [1.165, 1.54) is 33.0 Å². The van der Waals surface area contributed by atoms with E-state index in [0.717, 1.165) is 5.56 Å². The van der Waals surface area contributed by atoms with Crippen molar-refractivity contribution < 1.29 is 0 Å². The Bertz CT molecular complexity index is 1010. The van der Waals surface area contributed by atoms with Gasteiger partial charge in [-0.1, -0.05) is 84.0 Å². The minimum Gasteiger partial charge on any atom is -0.192 e. The van der Waals surface area contributed by atoms with E-state index in [1.54, 1.807) is 0 Å². The van der Waals surface area contributed by atoms with Crippen molar-refractivity contribution in [2.75, 3.05) is 0 Å². The Hall–Kier alpha value is -2.59. The van der Waals surface area contributed by atoms with Gasteiger partial charge in [0, 0.05) is 0 Å². The molecule has 0 saturated heterocycles. The Morgan fingerprint density at radius 1 is 0.643 bits per heavy atom. The van der Waals surface area contributed by atoms with Crippen LogP contribution in [0.4, 0.5) is 0 Å². The van der Waals surface area contributed by atoms with Crippen LogP contribution in [0.3, 0.4) is 0 Å². The van der Waals surface area contributed by atoms with Crippen molar-refractivity contribution in [3.63, 3.8) is 0 Å². The fourth-order valence-electron chi connectivity index (χ4n) is 3.74. The molecular weight excluding hydrogens is 338 g/mol. The van der Waals surface area contributed by atoms with Crippen LogP contribution in [0.15, 0.2) is 54.6 Å². The van der Waals surface area contributed by atoms with Crippen LogP contribution < -0.4 is 0 Å². The first kappa shape index (κ1) is 21.7. The van der Waals surface area contributed by atoms with Gasteiger partial charge in [-0.05, 0) is 69.8 Å². The molecule has 0 aliphatic carbocycles. The number of nitriles is 1. The minimum absolute atomic E-state index is 0.165. The van der Waals surface area contributed by atoms with E-state index in [1.807, 2.05) is 18.2 Å². The van der Waals surface area contributed by atoms with Gasteiger partial charge in [0.15, 0.2) is 0 Å². The minimum atomic E-state index is 0.165. The highest BCUT2D eigenvalue weighted by Crippen LogP contribution is 2.29. The zero-order valence-electron chi connectivity index (χ0n) is 18.6. The first-order valence-electron chi connectivity index (χ1n) is 9.94. The van der Waals surface area contributed by atoms with Crippen LogP contribution in [-0.2, 0) is 10.8 Å². The van der Waals surface area contributed by atoms with Crippen molar-refractivity contribution in [2.24, 2.45) is 0 Å². The molecular formula is C27H33N. The molecule has 0 N–H and O–H groups in total. The van der Waals surface area contributed by atoms with E-state index in [4.69, 9.17) is 5.26 Å². The molecule has 0 bridgehead atoms. The predicted octanol–water partition coefficient (Wildman–Crippen LogP) is 7.61. The van der Waals surface area contributed by atoms with Gasteiger partial charge in [0.1, 0.15) is 0 Å². The van der Waals surface area contributed by atoms with Crippen LogP contribution in [0.25, 0.3) is 10.8 Å². The number of hydrogen-bond acceptors (Lipinski definition) is 1. The highest BCUT2D eigenvalue weighted by Gasteiger charge is 2.17. The molecule has 1 nitrogen and oxygen atoms in total. The van der Waals surface area contributed by atoms with Gasteiger partial charge in [-0.15, -0.1) is 0 Å². The average molecular weight is 372 g/mol. The molecule has 0 aromatic heterocycles. The normalized spacial score (nSPS) is 11.5. The Morgan fingerprint density at radius 3 is 1.61 bits per heavy atom. The van der Waals surface area contributed by atoms with Crippen LogP contribution in [0.2, 0.25) is 0 Å². The van der Waals surface area contributed by atoms with Gasteiger partial charge in [-0.25, -0.2) is 0 Å². The van der Waals surface area contributed by atoms with E-state index in [-0.39, 0.29) is 10.8 Å². The lowest BCUT2D eigenvalue weighted by atomic mass is 9.83. The summed E-state index contributed by atoms with van der Waals surface area (Å²) in [6, 6.07) is 21.2. The van der Waals surface area contributed by atoms with Crippen molar-refractivity contribution >= 4 is 10.8 Å². The highest BCUT2D eigenvalue weighted by atomic mass is 14.2. The molecule has 0 fully saturated rings. The van der Waals surface area contributed by atoms with Crippen LogP contribution in [0.5, 0.6) is 0 Å². The molecule has 3 aromatic rings. The molecule has 1 heteroatoms. The third kappa shape index (κ3) is 5.23. The van der Waals surface area contributed by atoms with Gasteiger partial charge in [-0.2, -0.15) is 5.26 Å². The zero-order valence-corrected chi connectivity index (χ0v) is 18.6. The molecule has 0 spiro atoms. The van der Waals surface area contributed by atoms with E-state index in [0.29, 0.717) is 0 Å². The maximum absolute atomic E-state index is 8.71. The summed E-state index contributed by atoms with van der Waals surface area (Å²) in [6.45, 7) is 17.6. The molecule has 0 saturated carbocycles. The first-order chi connectivity index (χ1) is 12.9. The highest BCUT2D eigenvalue weighted by molar-refractivity contribution is 5.84. The molecule has 3 aromatic carbocycles. The molecule has 0 heterocycles. The van der Waals surface area contributed by atoms with E-state index >= 15 is 0 Å². The molecule has 0 atom stereocenters. The number of rotatable bonds is 0. The summed E-state index contributed by atoms with van der Waals surface area (Å²) in [5, 5.41) is 11.4. The van der Waals surface area contributed by atoms with Crippen molar-refractivity contribution in [1.82, 2.24) is 0 Å². The molecule has 0 unspecified atom stereocenters. The zero-order chi connectivity index (χ0) is 21.1. The summed E-state index contributed by atoms with van der Waals surface area (Å²) in [5.41, 5.74) is 6.48. The van der Waals surface area contributed by atoms with Crippen molar-refractivity contribution in [3.05, 3.63) is 82.4 Å².